The number of benzene rings is 1. The Hall–Kier alpha value is -1.33. The molecule has 0 aliphatic carbocycles. The molecule has 1 unspecified atom stereocenters. The Morgan fingerprint density at radius 1 is 1.33 bits per heavy atom. The van der Waals surface area contributed by atoms with Crippen LogP contribution in [0.15, 0.2) is 24.3 Å². The standard InChI is InChI=1S/C10H10N2/c11-6-10-5-8-3-1-2-4-9(8)7-12-10/h1-4,10,12H,5,7H2. The van der Waals surface area contributed by atoms with Crippen LogP contribution < -0.4 is 5.32 Å². The molecule has 1 aromatic carbocycles. The van der Waals surface area contributed by atoms with Crippen molar-refractivity contribution in [2.45, 2.75) is 19.0 Å². The van der Waals surface area contributed by atoms with Crippen LogP contribution >= 0.6 is 0 Å². The van der Waals surface area contributed by atoms with E-state index in [2.05, 4.69) is 23.5 Å². The maximum absolute atomic E-state index is 8.70. The van der Waals surface area contributed by atoms with Crippen molar-refractivity contribution in [2.24, 2.45) is 0 Å². The van der Waals surface area contributed by atoms with Gasteiger partial charge in [0.15, 0.2) is 0 Å². The van der Waals surface area contributed by atoms with E-state index in [1.807, 2.05) is 12.1 Å². The fraction of sp³-hybridized carbons (Fsp3) is 0.300. The predicted molar refractivity (Wildman–Crippen MR) is 46.4 cm³/mol. The highest BCUT2D eigenvalue weighted by Gasteiger charge is 2.15. The third-order valence-electron chi connectivity index (χ3n) is 2.24. The van der Waals surface area contributed by atoms with Crippen molar-refractivity contribution in [2.75, 3.05) is 0 Å². The topological polar surface area (TPSA) is 35.8 Å². The summed E-state index contributed by atoms with van der Waals surface area (Å²) in [6.07, 6.45) is 0.840. The average molecular weight is 158 g/mol. The first kappa shape index (κ1) is 7.33. The molecule has 1 aliphatic rings. The number of nitrogens with zero attached hydrogens (tertiary/aromatic N) is 1. The highest BCUT2D eigenvalue weighted by atomic mass is 14.9. The van der Waals surface area contributed by atoms with Crippen LogP contribution in [0.4, 0.5) is 0 Å². The minimum atomic E-state index is -0.0000926. The summed E-state index contributed by atoms with van der Waals surface area (Å²) < 4.78 is 0. The number of fused-ring (bicyclic) bond motifs is 1. The maximum atomic E-state index is 8.70. The SMILES string of the molecule is N#CC1Cc2ccccc2CN1. The second-order valence-electron chi connectivity index (χ2n) is 3.04. The maximum Gasteiger partial charge on any atom is 0.0996 e. The molecular formula is C10H10N2. The van der Waals surface area contributed by atoms with Crippen LogP contribution in [0.1, 0.15) is 11.1 Å². The van der Waals surface area contributed by atoms with Gasteiger partial charge in [-0.05, 0) is 11.1 Å². The highest BCUT2D eigenvalue weighted by molar-refractivity contribution is 5.31. The summed E-state index contributed by atoms with van der Waals surface area (Å²) in [5, 5.41) is 11.9. The quantitative estimate of drug-likeness (QED) is 0.616. The van der Waals surface area contributed by atoms with Crippen molar-refractivity contribution < 1.29 is 0 Å². The molecule has 0 bridgehead atoms. The van der Waals surface area contributed by atoms with E-state index in [-0.39, 0.29) is 6.04 Å². The van der Waals surface area contributed by atoms with Gasteiger partial charge in [-0.25, -0.2) is 0 Å². The minimum Gasteiger partial charge on any atom is -0.298 e. The molecule has 2 nitrogen and oxygen atoms in total. The van der Waals surface area contributed by atoms with Gasteiger partial charge in [0.1, 0.15) is 0 Å². The van der Waals surface area contributed by atoms with Crippen molar-refractivity contribution in [3.8, 4) is 6.07 Å². The van der Waals surface area contributed by atoms with Gasteiger partial charge in [0.25, 0.3) is 0 Å². The van der Waals surface area contributed by atoms with E-state index < -0.39 is 0 Å². The molecule has 0 fully saturated rings. The second-order valence-corrected chi connectivity index (χ2v) is 3.04. The summed E-state index contributed by atoms with van der Waals surface area (Å²) in [6, 6.07) is 10.5. The minimum absolute atomic E-state index is 0.0000926. The largest absolute Gasteiger partial charge is 0.298 e. The van der Waals surface area contributed by atoms with E-state index in [1.165, 1.54) is 11.1 Å². The van der Waals surface area contributed by atoms with Crippen molar-refractivity contribution >= 4 is 0 Å². The zero-order valence-electron chi connectivity index (χ0n) is 6.75. The Labute approximate surface area is 71.8 Å². The third-order valence-corrected chi connectivity index (χ3v) is 2.24. The Bertz CT molecular complexity index is 325. The lowest BCUT2D eigenvalue weighted by molar-refractivity contribution is 0.562. The van der Waals surface area contributed by atoms with E-state index >= 15 is 0 Å². The Balaban J connectivity index is 2.30. The number of hydrogen-bond donors (Lipinski definition) is 1. The van der Waals surface area contributed by atoms with E-state index in [9.17, 15) is 0 Å². The van der Waals surface area contributed by atoms with Gasteiger partial charge in [-0.3, -0.25) is 5.32 Å². The Morgan fingerprint density at radius 3 is 2.83 bits per heavy atom. The van der Waals surface area contributed by atoms with Crippen molar-refractivity contribution in [1.82, 2.24) is 5.32 Å². The van der Waals surface area contributed by atoms with Crippen molar-refractivity contribution in [3.63, 3.8) is 0 Å². The average Bonchev–Trinajstić information content (AvgIpc) is 2.17. The van der Waals surface area contributed by atoms with E-state index in [0.29, 0.717) is 0 Å². The summed E-state index contributed by atoms with van der Waals surface area (Å²) in [6.45, 7) is 0.828. The summed E-state index contributed by atoms with van der Waals surface area (Å²) in [5.41, 5.74) is 2.63. The summed E-state index contributed by atoms with van der Waals surface area (Å²) in [5.74, 6) is 0. The molecule has 1 aromatic rings. The highest BCUT2D eigenvalue weighted by Crippen LogP contribution is 2.15. The van der Waals surface area contributed by atoms with E-state index in [4.69, 9.17) is 5.26 Å². The Kier molecular flexibility index (Phi) is 1.81. The fourth-order valence-corrected chi connectivity index (χ4v) is 1.55. The molecule has 0 saturated heterocycles. The van der Waals surface area contributed by atoms with Gasteiger partial charge in [-0.1, -0.05) is 24.3 Å². The lowest BCUT2D eigenvalue weighted by Gasteiger charge is -2.20. The van der Waals surface area contributed by atoms with Crippen LogP contribution in [-0.4, -0.2) is 6.04 Å². The van der Waals surface area contributed by atoms with Crippen molar-refractivity contribution in [1.29, 1.82) is 5.26 Å². The molecule has 2 heteroatoms. The predicted octanol–water partition coefficient (Wildman–Crippen LogP) is 1.22. The van der Waals surface area contributed by atoms with Gasteiger partial charge < -0.3 is 0 Å². The van der Waals surface area contributed by atoms with Crippen LogP contribution in [0.5, 0.6) is 0 Å². The molecule has 0 spiro atoms. The molecule has 60 valence electrons. The first-order valence-corrected chi connectivity index (χ1v) is 4.10. The lowest BCUT2D eigenvalue weighted by atomic mass is 9.97. The number of nitriles is 1. The molecule has 0 amide bonds. The van der Waals surface area contributed by atoms with E-state index in [0.717, 1.165) is 13.0 Å². The normalized spacial score (nSPS) is 21.1. The van der Waals surface area contributed by atoms with Crippen LogP contribution in [-0.2, 0) is 13.0 Å². The number of nitrogens with one attached hydrogen (secondary N) is 1. The van der Waals surface area contributed by atoms with Crippen LogP contribution in [0.25, 0.3) is 0 Å². The lowest BCUT2D eigenvalue weighted by Crippen LogP contribution is -2.33. The first-order valence-electron chi connectivity index (χ1n) is 4.10. The van der Waals surface area contributed by atoms with Gasteiger partial charge in [0.2, 0.25) is 0 Å². The van der Waals surface area contributed by atoms with Gasteiger partial charge in [-0.15, -0.1) is 0 Å². The molecule has 1 aliphatic heterocycles. The molecular weight excluding hydrogens is 148 g/mol. The van der Waals surface area contributed by atoms with Crippen molar-refractivity contribution in [3.05, 3.63) is 35.4 Å². The van der Waals surface area contributed by atoms with Crippen LogP contribution in [0.2, 0.25) is 0 Å². The smallest absolute Gasteiger partial charge is 0.0996 e. The zero-order valence-corrected chi connectivity index (χ0v) is 6.75. The number of hydrogen-bond acceptors (Lipinski definition) is 2. The first-order chi connectivity index (χ1) is 5.90. The molecule has 0 radical (unpaired) electrons. The molecule has 2 rings (SSSR count). The monoisotopic (exact) mass is 158 g/mol. The van der Waals surface area contributed by atoms with Gasteiger partial charge in [0, 0.05) is 13.0 Å². The Morgan fingerprint density at radius 2 is 2.08 bits per heavy atom. The van der Waals surface area contributed by atoms with Gasteiger partial charge in [-0.2, -0.15) is 5.26 Å². The summed E-state index contributed by atoms with van der Waals surface area (Å²) in [4.78, 5) is 0. The second kappa shape index (κ2) is 2.96. The van der Waals surface area contributed by atoms with Crippen LogP contribution in [0, 0.1) is 11.3 Å². The molecule has 1 heterocycles. The molecule has 0 aromatic heterocycles. The molecule has 0 saturated carbocycles. The van der Waals surface area contributed by atoms with Gasteiger partial charge in [0.05, 0.1) is 12.1 Å². The molecule has 12 heavy (non-hydrogen) atoms. The summed E-state index contributed by atoms with van der Waals surface area (Å²) in [7, 11) is 0. The van der Waals surface area contributed by atoms with Gasteiger partial charge >= 0.3 is 0 Å². The number of rotatable bonds is 0. The fourth-order valence-electron chi connectivity index (χ4n) is 1.55. The molecule has 1 atom stereocenters. The molecule has 1 N–H and O–H groups in total. The van der Waals surface area contributed by atoms with E-state index in [1.54, 1.807) is 0 Å². The summed E-state index contributed by atoms with van der Waals surface area (Å²) >= 11 is 0. The van der Waals surface area contributed by atoms with Crippen LogP contribution in [0.3, 0.4) is 0 Å². The zero-order chi connectivity index (χ0) is 8.39. The third kappa shape index (κ3) is 1.19.